The molecule has 2 heterocycles. The molecule has 6 fully saturated rings. The number of hydrogen-bond acceptors (Lipinski definition) is 4. The first-order valence-electron chi connectivity index (χ1n) is 13.5. The Morgan fingerprint density at radius 1 is 0.839 bits per heavy atom. The molecule has 1 spiro atoms. The number of ether oxygens (including phenoxy) is 2. The van der Waals surface area contributed by atoms with Crippen molar-refractivity contribution in [2.45, 2.75) is 96.4 Å². The first-order chi connectivity index (χ1) is 14.9. The van der Waals surface area contributed by atoms with E-state index in [-0.39, 0.29) is 36.6 Å². The number of aliphatic hydroxyl groups is 2. The van der Waals surface area contributed by atoms with Crippen molar-refractivity contribution >= 4 is 0 Å². The number of rotatable bonds is 2. The van der Waals surface area contributed by atoms with Crippen LogP contribution in [0.2, 0.25) is 0 Å². The molecule has 6 aliphatic rings. The second-order valence-corrected chi connectivity index (χ2v) is 12.9. The van der Waals surface area contributed by atoms with Gasteiger partial charge in [-0.1, -0.05) is 26.7 Å². The van der Waals surface area contributed by atoms with Crippen molar-refractivity contribution in [3.63, 3.8) is 0 Å². The maximum atomic E-state index is 10.6. The van der Waals surface area contributed by atoms with E-state index in [4.69, 9.17) is 9.47 Å². The van der Waals surface area contributed by atoms with Crippen molar-refractivity contribution in [1.29, 1.82) is 0 Å². The van der Waals surface area contributed by atoms with Gasteiger partial charge in [-0.15, -0.1) is 0 Å². The molecule has 2 unspecified atom stereocenters. The Hall–Kier alpha value is -0.160. The SMILES string of the molecule is C[C@]12CC[C@H]3[C@@H](CCC4CCCC[C@@]43C)[C@@H]1C[C@@H]1O[C@]3(CCC(CO)CO3)[C@@H](CO)[C@@H]12. The van der Waals surface area contributed by atoms with Gasteiger partial charge < -0.3 is 19.7 Å². The molecule has 4 nitrogen and oxygen atoms in total. The highest BCUT2D eigenvalue weighted by molar-refractivity contribution is 5.15. The predicted molar refractivity (Wildman–Crippen MR) is 119 cm³/mol. The zero-order valence-electron chi connectivity index (χ0n) is 19.7. The van der Waals surface area contributed by atoms with E-state index in [2.05, 4.69) is 13.8 Å². The molecule has 2 N–H and O–H groups in total. The molecular formula is C27H44O4. The Balaban J connectivity index is 1.27. The fourth-order valence-electron chi connectivity index (χ4n) is 10.4. The van der Waals surface area contributed by atoms with Crippen LogP contribution in [-0.4, -0.2) is 41.9 Å². The molecule has 0 radical (unpaired) electrons. The van der Waals surface area contributed by atoms with Gasteiger partial charge in [-0.25, -0.2) is 0 Å². The zero-order valence-corrected chi connectivity index (χ0v) is 19.7. The largest absolute Gasteiger partial charge is 0.396 e. The molecular weight excluding hydrogens is 388 g/mol. The monoisotopic (exact) mass is 432 g/mol. The average Bonchev–Trinajstić information content (AvgIpc) is 3.23. The van der Waals surface area contributed by atoms with Crippen LogP contribution in [-0.2, 0) is 9.47 Å². The lowest BCUT2D eigenvalue weighted by molar-refractivity contribution is -0.281. The van der Waals surface area contributed by atoms with Crippen LogP contribution >= 0.6 is 0 Å². The van der Waals surface area contributed by atoms with Crippen LogP contribution in [0, 0.1) is 52.3 Å². The van der Waals surface area contributed by atoms with Crippen molar-refractivity contribution in [3.05, 3.63) is 0 Å². The maximum Gasteiger partial charge on any atom is 0.174 e. The lowest BCUT2D eigenvalue weighted by Crippen LogP contribution is -2.55. The van der Waals surface area contributed by atoms with Crippen LogP contribution in [0.25, 0.3) is 0 Å². The molecule has 176 valence electrons. The molecule has 0 aromatic carbocycles. The third kappa shape index (κ3) is 2.87. The molecule has 31 heavy (non-hydrogen) atoms. The van der Waals surface area contributed by atoms with Gasteiger partial charge in [0.25, 0.3) is 0 Å². The maximum absolute atomic E-state index is 10.6. The van der Waals surface area contributed by atoms with Crippen LogP contribution in [0.1, 0.15) is 84.5 Å². The van der Waals surface area contributed by atoms with Gasteiger partial charge in [0.2, 0.25) is 0 Å². The summed E-state index contributed by atoms with van der Waals surface area (Å²) in [5.74, 6) is 3.60. The average molecular weight is 433 g/mol. The van der Waals surface area contributed by atoms with Crippen molar-refractivity contribution in [3.8, 4) is 0 Å². The summed E-state index contributed by atoms with van der Waals surface area (Å²) < 4.78 is 13.2. The smallest absolute Gasteiger partial charge is 0.174 e. The molecule has 0 amide bonds. The summed E-state index contributed by atoms with van der Waals surface area (Å²) in [6.07, 6.45) is 14.5. The predicted octanol–water partition coefficient (Wildman–Crippen LogP) is 4.77. The van der Waals surface area contributed by atoms with E-state index >= 15 is 0 Å². The Kier molecular flexibility index (Phi) is 5.12. The van der Waals surface area contributed by atoms with Gasteiger partial charge in [0, 0.05) is 30.8 Å². The van der Waals surface area contributed by atoms with E-state index in [0.29, 0.717) is 17.9 Å². The molecule has 0 bridgehead atoms. The van der Waals surface area contributed by atoms with E-state index in [1.165, 1.54) is 57.8 Å². The zero-order chi connectivity index (χ0) is 21.4. The summed E-state index contributed by atoms with van der Waals surface area (Å²) in [6, 6.07) is 0. The van der Waals surface area contributed by atoms with Crippen LogP contribution < -0.4 is 0 Å². The molecule has 6 rings (SSSR count). The van der Waals surface area contributed by atoms with E-state index < -0.39 is 5.79 Å². The van der Waals surface area contributed by atoms with Gasteiger partial charge >= 0.3 is 0 Å². The van der Waals surface area contributed by atoms with E-state index in [0.717, 1.165) is 36.5 Å². The fraction of sp³-hybridized carbons (Fsp3) is 1.00. The molecule has 4 saturated carbocycles. The minimum absolute atomic E-state index is 0.0882. The summed E-state index contributed by atoms with van der Waals surface area (Å²) in [4.78, 5) is 0. The summed E-state index contributed by atoms with van der Waals surface area (Å²) >= 11 is 0. The first kappa shape index (κ1) is 21.4. The van der Waals surface area contributed by atoms with Gasteiger partial charge in [0.1, 0.15) is 0 Å². The second kappa shape index (κ2) is 7.42. The summed E-state index contributed by atoms with van der Waals surface area (Å²) in [5, 5.41) is 20.1. The molecule has 2 aliphatic heterocycles. The van der Waals surface area contributed by atoms with Crippen molar-refractivity contribution in [1.82, 2.24) is 0 Å². The quantitative estimate of drug-likeness (QED) is 0.660. The Bertz CT molecular complexity index is 687. The molecule has 4 aliphatic carbocycles. The summed E-state index contributed by atoms with van der Waals surface area (Å²) in [7, 11) is 0. The van der Waals surface area contributed by atoms with Gasteiger partial charge in [-0.3, -0.25) is 0 Å². The minimum Gasteiger partial charge on any atom is -0.396 e. The lowest BCUT2D eigenvalue weighted by atomic mass is 9.44. The summed E-state index contributed by atoms with van der Waals surface area (Å²) in [5.41, 5.74) is 0.849. The molecule has 0 aromatic rings. The van der Waals surface area contributed by atoms with Crippen LogP contribution in [0.15, 0.2) is 0 Å². The van der Waals surface area contributed by atoms with Gasteiger partial charge in [0.05, 0.1) is 19.3 Å². The normalized spacial score (nSPS) is 58.5. The van der Waals surface area contributed by atoms with Gasteiger partial charge in [0.15, 0.2) is 5.79 Å². The highest BCUT2D eigenvalue weighted by Gasteiger charge is 2.69. The topological polar surface area (TPSA) is 58.9 Å². The van der Waals surface area contributed by atoms with Crippen molar-refractivity contribution in [2.75, 3.05) is 19.8 Å². The first-order valence-corrected chi connectivity index (χ1v) is 13.5. The van der Waals surface area contributed by atoms with Gasteiger partial charge in [-0.05, 0) is 85.9 Å². The third-order valence-corrected chi connectivity index (χ3v) is 11.9. The third-order valence-electron chi connectivity index (χ3n) is 11.9. The Morgan fingerprint density at radius 3 is 2.45 bits per heavy atom. The van der Waals surface area contributed by atoms with Gasteiger partial charge in [-0.2, -0.15) is 0 Å². The standard InChI is InChI=1S/C27H44O4/c1-25-10-4-3-5-18(25)6-7-19-20(25)9-11-26(2)21(19)13-23-24(26)22(15-29)27(31-23)12-8-17(14-28)16-30-27/h17-24,28-29H,3-16H2,1-2H3/t17?,18?,19-,20+,21+,22+,23+,24+,25+,26+,27-/m1/s1. The van der Waals surface area contributed by atoms with Crippen LogP contribution in [0.5, 0.6) is 0 Å². The number of hydrogen-bond donors (Lipinski definition) is 2. The fourth-order valence-corrected chi connectivity index (χ4v) is 10.4. The highest BCUT2D eigenvalue weighted by Crippen LogP contribution is 2.71. The van der Waals surface area contributed by atoms with E-state index in [1.54, 1.807) is 0 Å². The Labute approximate surface area is 188 Å². The highest BCUT2D eigenvalue weighted by atomic mass is 16.7. The van der Waals surface area contributed by atoms with Crippen molar-refractivity contribution in [2.24, 2.45) is 52.3 Å². The molecule has 2 saturated heterocycles. The van der Waals surface area contributed by atoms with Crippen molar-refractivity contribution < 1.29 is 19.7 Å². The van der Waals surface area contributed by atoms with E-state index in [1.807, 2.05) is 0 Å². The number of fused-ring (bicyclic) bond motifs is 7. The molecule has 4 heteroatoms. The molecule has 0 aromatic heterocycles. The summed E-state index contributed by atoms with van der Waals surface area (Å²) in [6.45, 7) is 6.13. The van der Waals surface area contributed by atoms with Crippen LogP contribution in [0.4, 0.5) is 0 Å². The number of aliphatic hydroxyl groups excluding tert-OH is 2. The van der Waals surface area contributed by atoms with Crippen LogP contribution in [0.3, 0.4) is 0 Å². The second-order valence-electron chi connectivity index (χ2n) is 12.9. The minimum atomic E-state index is -0.604. The van der Waals surface area contributed by atoms with E-state index in [9.17, 15) is 10.2 Å². The molecule has 11 atom stereocenters. The lowest BCUT2D eigenvalue weighted by Gasteiger charge is -2.61. The Morgan fingerprint density at radius 2 is 1.71 bits per heavy atom.